The molecule has 0 saturated heterocycles. The molecule has 0 aliphatic carbocycles. The zero-order valence-electron chi connectivity index (χ0n) is 17.3. The number of aromatic carboxylic acids is 1. The lowest BCUT2D eigenvalue weighted by Crippen LogP contribution is -2.15. The van der Waals surface area contributed by atoms with Crippen LogP contribution < -0.4 is 0 Å². The van der Waals surface area contributed by atoms with E-state index in [1.54, 1.807) is 12.1 Å². The van der Waals surface area contributed by atoms with Gasteiger partial charge in [0.2, 0.25) is 0 Å². The number of carboxylic acids is 1. The maximum atomic E-state index is 13.3. The molecule has 0 radical (unpaired) electrons. The molecule has 0 aliphatic rings. The maximum Gasteiger partial charge on any atom is 0.335 e. The van der Waals surface area contributed by atoms with E-state index in [2.05, 4.69) is 5.10 Å². The monoisotopic (exact) mass is 446 g/mol. The summed E-state index contributed by atoms with van der Waals surface area (Å²) in [4.78, 5) is 11.8. The Morgan fingerprint density at radius 3 is 2.25 bits per heavy atom. The normalized spacial score (nSPS) is 11.4. The smallest absolute Gasteiger partial charge is 0.335 e. The molecule has 0 fully saturated rings. The van der Waals surface area contributed by atoms with Crippen LogP contribution in [0.1, 0.15) is 21.5 Å². The van der Waals surface area contributed by atoms with Gasteiger partial charge < -0.3 is 5.11 Å². The molecule has 4 aromatic rings. The predicted molar refractivity (Wildman–Crippen MR) is 122 cm³/mol. The lowest BCUT2D eigenvalue weighted by Gasteiger charge is -2.12. The van der Waals surface area contributed by atoms with E-state index in [1.807, 2.05) is 60.7 Å². The summed E-state index contributed by atoms with van der Waals surface area (Å²) in [5.74, 6) is -1.58. The molecule has 0 aliphatic heterocycles. The standard InChI is InChI=1S/C25H22N2O4S/c28-25(29)23-12-11-21(20-9-5-2-6-10-20)17-22(23)18-32(30,31)24-13-15-26-27(24)16-14-19-7-3-1-4-8-19/h1-13,15,17H,14,16,18H2,(H,28,29). The number of nitrogens with zero attached hydrogens (tertiary/aromatic N) is 2. The van der Waals surface area contributed by atoms with Crippen molar-refractivity contribution in [2.24, 2.45) is 0 Å². The van der Waals surface area contributed by atoms with E-state index in [1.165, 1.54) is 23.0 Å². The highest BCUT2D eigenvalue weighted by Crippen LogP contribution is 2.26. The van der Waals surface area contributed by atoms with E-state index in [0.717, 1.165) is 16.7 Å². The number of rotatable bonds is 8. The van der Waals surface area contributed by atoms with Crippen LogP contribution in [0.15, 0.2) is 96.2 Å². The number of hydrogen-bond donors (Lipinski definition) is 1. The fourth-order valence-corrected chi connectivity index (χ4v) is 5.17. The Balaban J connectivity index is 1.64. The molecule has 0 spiro atoms. The number of aryl methyl sites for hydroxylation is 2. The molecule has 162 valence electrons. The van der Waals surface area contributed by atoms with E-state index in [-0.39, 0.29) is 16.2 Å². The Bertz CT molecular complexity index is 1330. The third-order valence-corrected chi connectivity index (χ3v) is 6.91. The summed E-state index contributed by atoms with van der Waals surface area (Å²) in [6, 6.07) is 25.4. The highest BCUT2D eigenvalue weighted by molar-refractivity contribution is 7.90. The van der Waals surface area contributed by atoms with Crippen LogP contribution in [-0.4, -0.2) is 29.3 Å². The second-order valence-electron chi connectivity index (χ2n) is 7.43. The number of hydrogen-bond acceptors (Lipinski definition) is 4. The molecular formula is C25H22N2O4S. The Kier molecular flexibility index (Phi) is 6.18. The van der Waals surface area contributed by atoms with Crippen molar-refractivity contribution in [1.82, 2.24) is 9.78 Å². The van der Waals surface area contributed by atoms with Crippen LogP contribution >= 0.6 is 0 Å². The molecule has 32 heavy (non-hydrogen) atoms. The summed E-state index contributed by atoms with van der Waals surface area (Å²) >= 11 is 0. The summed E-state index contributed by atoms with van der Waals surface area (Å²) < 4.78 is 28.0. The third kappa shape index (κ3) is 4.78. The van der Waals surface area contributed by atoms with E-state index in [0.29, 0.717) is 13.0 Å². The number of aromatic nitrogens is 2. The molecule has 0 unspecified atom stereocenters. The van der Waals surface area contributed by atoms with Gasteiger partial charge in [-0.2, -0.15) is 5.10 Å². The number of carboxylic acid groups (broad SMARTS) is 1. The van der Waals surface area contributed by atoms with Gasteiger partial charge in [-0.3, -0.25) is 4.68 Å². The SMILES string of the molecule is O=C(O)c1ccc(-c2ccccc2)cc1CS(=O)(=O)c1ccnn1CCc1ccccc1. The van der Waals surface area contributed by atoms with Crippen LogP contribution in [-0.2, 0) is 28.6 Å². The van der Waals surface area contributed by atoms with Gasteiger partial charge in [-0.15, -0.1) is 0 Å². The van der Waals surface area contributed by atoms with Crippen molar-refractivity contribution >= 4 is 15.8 Å². The van der Waals surface area contributed by atoms with Gasteiger partial charge in [-0.25, -0.2) is 13.2 Å². The average molecular weight is 447 g/mol. The largest absolute Gasteiger partial charge is 0.478 e. The van der Waals surface area contributed by atoms with Crippen LogP contribution in [0.2, 0.25) is 0 Å². The molecule has 1 heterocycles. The Hall–Kier alpha value is -3.71. The van der Waals surface area contributed by atoms with Gasteiger partial charge in [-0.1, -0.05) is 66.7 Å². The number of sulfone groups is 1. The molecule has 0 amide bonds. The van der Waals surface area contributed by atoms with Gasteiger partial charge in [0.25, 0.3) is 0 Å². The summed E-state index contributed by atoms with van der Waals surface area (Å²) in [5.41, 5.74) is 2.95. The highest BCUT2D eigenvalue weighted by Gasteiger charge is 2.24. The van der Waals surface area contributed by atoms with Crippen molar-refractivity contribution in [3.8, 4) is 11.1 Å². The molecule has 4 rings (SSSR count). The van der Waals surface area contributed by atoms with E-state index in [4.69, 9.17) is 0 Å². The summed E-state index contributed by atoms with van der Waals surface area (Å²) in [5, 5.41) is 13.9. The molecular weight excluding hydrogens is 424 g/mol. The first kappa shape index (κ1) is 21.5. The van der Waals surface area contributed by atoms with E-state index >= 15 is 0 Å². The van der Waals surface area contributed by atoms with Crippen molar-refractivity contribution in [3.05, 3.63) is 108 Å². The zero-order chi connectivity index (χ0) is 22.6. The molecule has 1 aromatic heterocycles. The Morgan fingerprint density at radius 1 is 0.875 bits per heavy atom. The van der Waals surface area contributed by atoms with Crippen molar-refractivity contribution < 1.29 is 18.3 Å². The van der Waals surface area contributed by atoms with Crippen LogP contribution in [0.4, 0.5) is 0 Å². The molecule has 6 nitrogen and oxygen atoms in total. The maximum absolute atomic E-state index is 13.3. The lowest BCUT2D eigenvalue weighted by atomic mass is 10.00. The van der Waals surface area contributed by atoms with Crippen molar-refractivity contribution in [3.63, 3.8) is 0 Å². The van der Waals surface area contributed by atoms with Gasteiger partial charge >= 0.3 is 5.97 Å². The molecule has 0 saturated carbocycles. The first-order valence-electron chi connectivity index (χ1n) is 10.1. The number of benzene rings is 3. The molecule has 0 atom stereocenters. The quantitative estimate of drug-likeness (QED) is 0.431. The summed E-state index contributed by atoms with van der Waals surface area (Å²) in [6.45, 7) is 0.404. The second-order valence-corrected chi connectivity index (χ2v) is 9.37. The van der Waals surface area contributed by atoms with Gasteiger partial charge in [0.15, 0.2) is 14.9 Å². The Morgan fingerprint density at radius 2 is 1.56 bits per heavy atom. The fraction of sp³-hybridized carbons (Fsp3) is 0.120. The van der Waals surface area contributed by atoms with Crippen LogP contribution in [0.25, 0.3) is 11.1 Å². The van der Waals surface area contributed by atoms with E-state index in [9.17, 15) is 18.3 Å². The van der Waals surface area contributed by atoms with Crippen LogP contribution in [0.3, 0.4) is 0 Å². The number of carbonyl (C=O) groups is 1. The summed E-state index contributed by atoms with van der Waals surface area (Å²) in [6.07, 6.45) is 2.09. The highest BCUT2D eigenvalue weighted by atomic mass is 32.2. The zero-order valence-corrected chi connectivity index (χ0v) is 18.1. The van der Waals surface area contributed by atoms with Gasteiger partial charge in [0.1, 0.15) is 0 Å². The van der Waals surface area contributed by atoms with Crippen molar-refractivity contribution in [1.29, 1.82) is 0 Å². The third-order valence-electron chi connectivity index (χ3n) is 5.24. The predicted octanol–water partition coefficient (Wildman–Crippen LogP) is 4.46. The first-order valence-corrected chi connectivity index (χ1v) is 11.8. The summed E-state index contributed by atoms with van der Waals surface area (Å²) in [7, 11) is -3.82. The minimum Gasteiger partial charge on any atom is -0.478 e. The topological polar surface area (TPSA) is 89.3 Å². The van der Waals surface area contributed by atoms with Crippen molar-refractivity contribution in [2.45, 2.75) is 23.7 Å². The van der Waals surface area contributed by atoms with E-state index < -0.39 is 21.6 Å². The van der Waals surface area contributed by atoms with Gasteiger partial charge in [0, 0.05) is 6.54 Å². The molecule has 7 heteroatoms. The fourth-order valence-electron chi connectivity index (χ4n) is 3.64. The molecule has 3 aromatic carbocycles. The van der Waals surface area contributed by atoms with Gasteiger partial charge in [-0.05, 0) is 46.9 Å². The molecule has 1 N–H and O–H groups in total. The van der Waals surface area contributed by atoms with Crippen LogP contribution in [0.5, 0.6) is 0 Å². The van der Waals surface area contributed by atoms with Crippen LogP contribution in [0, 0.1) is 0 Å². The lowest BCUT2D eigenvalue weighted by molar-refractivity contribution is 0.0696. The first-order chi connectivity index (χ1) is 15.4. The minimum atomic E-state index is -3.82. The van der Waals surface area contributed by atoms with Gasteiger partial charge in [0.05, 0.1) is 17.5 Å². The molecule has 0 bridgehead atoms. The minimum absolute atomic E-state index is 0.0244. The average Bonchev–Trinajstić information content (AvgIpc) is 3.28. The Labute approximate surface area is 186 Å². The van der Waals surface area contributed by atoms with Crippen molar-refractivity contribution in [2.75, 3.05) is 0 Å². The second kappa shape index (κ2) is 9.20.